The summed E-state index contributed by atoms with van der Waals surface area (Å²) in [6, 6.07) is 0. The summed E-state index contributed by atoms with van der Waals surface area (Å²) >= 11 is 0. The number of unbranched alkanes of at least 4 members (excludes halogenated alkanes) is 9. The third-order valence-corrected chi connectivity index (χ3v) is 6.00. The largest absolute Gasteiger partial charge is 0.480 e. The van der Waals surface area contributed by atoms with Crippen molar-refractivity contribution in [1.82, 2.24) is 0 Å². The number of hydrogen-bond acceptors (Lipinski definition) is 6. The van der Waals surface area contributed by atoms with Gasteiger partial charge in [0.25, 0.3) is 0 Å². The van der Waals surface area contributed by atoms with E-state index < -0.39 is 23.0 Å². The molecule has 0 saturated heterocycles. The monoisotopic (exact) mass is 430 g/mol. The minimum absolute atomic E-state index is 0.477. The number of hydrogen-bond donors (Lipinski definition) is 6. The predicted molar refractivity (Wildman–Crippen MR) is 121 cm³/mol. The molecule has 0 fully saturated rings. The van der Waals surface area contributed by atoms with Crippen molar-refractivity contribution in [1.29, 1.82) is 0 Å². The molecule has 0 saturated carbocycles. The van der Waals surface area contributed by atoms with Gasteiger partial charge in [0.2, 0.25) is 0 Å². The summed E-state index contributed by atoms with van der Waals surface area (Å²) in [6.45, 7) is 1.12. The lowest BCUT2D eigenvalue weighted by molar-refractivity contribution is -0.145. The quantitative estimate of drug-likeness (QED) is 0.150. The minimum Gasteiger partial charge on any atom is -0.480 e. The van der Waals surface area contributed by atoms with Crippen LogP contribution in [0.5, 0.6) is 0 Å². The van der Waals surface area contributed by atoms with Crippen LogP contribution in [0.2, 0.25) is 0 Å². The summed E-state index contributed by atoms with van der Waals surface area (Å²) in [5, 5.41) is 18.8. The Balaban J connectivity index is 3.86. The molecule has 0 amide bonds. The highest BCUT2D eigenvalue weighted by atomic mass is 16.4. The van der Waals surface area contributed by atoms with E-state index in [0.717, 1.165) is 77.0 Å². The zero-order valence-electron chi connectivity index (χ0n) is 18.7. The van der Waals surface area contributed by atoms with Gasteiger partial charge in [-0.1, -0.05) is 51.4 Å². The standard InChI is InChI=1S/C22H46N4O4/c23-17-11-9-15-21(25,19(27)28)13-7-5-3-1-2-4-6-8-14-22(26,20(29)30)16-10-12-18-24/h1-18,23-26H2,(H,27,28)(H,29,30). The van der Waals surface area contributed by atoms with Crippen LogP contribution in [0.4, 0.5) is 0 Å². The van der Waals surface area contributed by atoms with Crippen molar-refractivity contribution in [2.75, 3.05) is 13.1 Å². The molecule has 10 N–H and O–H groups in total. The normalized spacial score (nSPS) is 15.5. The van der Waals surface area contributed by atoms with Crippen molar-refractivity contribution in [2.24, 2.45) is 22.9 Å². The first-order valence-corrected chi connectivity index (χ1v) is 11.7. The minimum atomic E-state index is -1.13. The lowest BCUT2D eigenvalue weighted by Gasteiger charge is -2.24. The smallest absolute Gasteiger partial charge is 0.323 e. The number of rotatable bonds is 21. The summed E-state index contributed by atoms with van der Waals surface area (Å²) in [5.74, 6) is -1.83. The molecular formula is C22H46N4O4. The van der Waals surface area contributed by atoms with Gasteiger partial charge in [0, 0.05) is 0 Å². The average Bonchev–Trinajstić information content (AvgIpc) is 2.69. The van der Waals surface area contributed by atoms with Crippen LogP contribution in [0.15, 0.2) is 0 Å². The fourth-order valence-corrected chi connectivity index (χ4v) is 3.79. The maximum atomic E-state index is 11.5. The van der Waals surface area contributed by atoms with Gasteiger partial charge >= 0.3 is 11.9 Å². The van der Waals surface area contributed by atoms with Gasteiger partial charge in [-0.15, -0.1) is 0 Å². The van der Waals surface area contributed by atoms with E-state index in [1.165, 1.54) is 0 Å². The molecule has 0 rings (SSSR count). The topological polar surface area (TPSA) is 179 Å². The summed E-state index contributed by atoms with van der Waals surface area (Å²) in [7, 11) is 0. The first-order valence-electron chi connectivity index (χ1n) is 11.7. The molecule has 0 bridgehead atoms. The van der Waals surface area contributed by atoms with Gasteiger partial charge < -0.3 is 33.1 Å². The van der Waals surface area contributed by atoms with E-state index in [1.807, 2.05) is 0 Å². The Hall–Kier alpha value is -1.22. The number of carboxylic acid groups (broad SMARTS) is 2. The van der Waals surface area contributed by atoms with Crippen molar-refractivity contribution >= 4 is 11.9 Å². The molecule has 8 nitrogen and oxygen atoms in total. The van der Waals surface area contributed by atoms with Gasteiger partial charge in [0.05, 0.1) is 0 Å². The van der Waals surface area contributed by atoms with E-state index in [-0.39, 0.29) is 0 Å². The highest BCUT2D eigenvalue weighted by Crippen LogP contribution is 2.22. The van der Waals surface area contributed by atoms with Crippen LogP contribution < -0.4 is 22.9 Å². The van der Waals surface area contributed by atoms with Gasteiger partial charge in [-0.2, -0.15) is 0 Å². The third kappa shape index (κ3) is 12.5. The second kappa shape index (κ2) is 16.5. The molecule has 0 aliphatic rings. The highest BCUT2D eigenvalue weighted by molar-refractivity contribution is 5.78. The summed E-state index contributed by atoms with van der Waals surface area (Å²) in [4.78, 5) is 22.9. The molecule has 0 aliphatic carbocycles. The Morgan fingerprint density at radius 2 is 0.733 bits per heavy atom. The molecule has 0 aromatic rings. The van der Waals surface area contributed by atoms with E-state index in [4.69, 9.17) is 22.9 Å². The van der Waals surface area contributed by atoms with Gasteiger partial charge in [0.15, 0.2) is 0 Å². The van der Waals surface area contributed by atoms with Crippen molar-refractivity contribution in [3.05, 3.63) is 0 Å². The summed E-state index contributed by atoms with van der Waals surface area (Å²) < 4.78 is 0. The number of aliphatic carboxylic acids is 2. The number of nitrogens with two attached hydrogens (primary N) is 4. The molecule has 178 valence electrons. The van der Waals surface area contributed by atoms with Crippen LogP contribution in [-0.2, 0) is 9.59 Å². The molecule has 0 aromatic heterocycles. The maximum absolute atomic E-state index is 11.5. The molecule has 0 aliphatic heterocycles. The molecule has 30 heavy (non-hydrogen) atoms. The first-order chi connectivity index (χ1) is 14.2. The average molecular weight is 431 g/mol. The Morgan fingerprint density at radius 1 is 0.500 bits per heavy atom. The van der Waals surface area contributed by atoms with Crippen LogP contribution >= 0.6 is 0 Å². The number of carbonyl (C=O) groups is 2. The van der Waals surface area contributed by atoms with Crippen molar-refractivity contribution in [3.8, 4) is 0 Å². The van der Waals surface area contributed by atoms with Crippen LogP contribution in [-0.4, -0.2) is 46.3 Å². The van der Waals surface area contributed by atoms with Gasteiger partial charge in [-0.25, -0.2) is 0 Å². The maximum Gasteiger partial charge on any atom is 0.323 e. The molecule has 0 spiro atoms. The predicted octanol–water partition coefficient (Wildman–Crippen LogP) is 2.71. The van der Waals surface area contributed by atoms with Crippen molar-refractivity contribution in [2.45, 2.75) is 114 Å². The van der Waals surface area contributed by atoms with E-state index in [2.05, 4.69) is 0 Å². The van der Waals surface area contributed by atoms with E-state index >= 15 is 0 Å². The lowest BCUT2D eigenvalue weighted by Crippen LogP contribution is -2.48. The van der Waals surface area contributed by atoms with Gasteiger partial charge in [-0.3, -0.25) is 9.59 Å². The Bertz CT molecular complexity index is 436. The second-order valence-electron chi connectivity index (χ2n) is 8.74. The Labute approximate surface area is 182 Å². The molecule has 0 radical (unpaired) electrons. The third-order valence-electron chi connectivity index (χ3n) is 6.00. The SMILES string of the molecule is NCCCCC(N)(CCCCCCCCCCC(N)(CCCCN)C(=O)O)C(=O)O. The van der Waals surface area contributed by atoms with Crippen molar-refractivity contribution < 1.29 is 19.8 Å². The molecular weight excluding hydrogens is 384 g/mol. The fraction of sp³-hybridized carbons (Fsp3) is 0.909. The van der Waals surface area contributed by atoms with Crippen LogP contribution in [0, 0.1) is 0 Å². The van der Waals surface area contributed by atoms with Crippen LogP contribution in [0.3, 0.4) is 0 Å². The molecule has 2 unspecified atom stereocenters. The summed E-state index contributed by atoms with van der Waals surface area (Å²) in [6.07, 6.45) is 13.0. The van der Waals surface area contributed by atoms with Gasteiger partial charge in [0.1, 0.15) is 11.1 Å². The molecule has 2 atom stereocenters. The fourth-order valence-electron chi connectivity index (χ4n) is 3.79. The van der Waals surface area contributed by atoms with E-state index in [0.29, 0.717) is 38.8 Å². The Kier molecular flexibility index (Phi) is 15.8. The van der Waals surface area contributed by atoms with E-state index in [1.54, 1.807) is 0 Å². The molecule has 0 heterocycles. The van der Waals surface area contributed by atoms with Crippen molar-refractivity contribution in [3.63, 3.8) is 0 Å². The zero-order valence-corrected chi connectivity index (χ0v) is 18.7. The first kappa shape index (κ1) is 28.8. The van der Waals surface area contributed by atoms with Crippen LogP contribution in [0.25, 0.3) is 0 Å². The lowest BCUT2D eigenvalue weighted by atomic mass is 9.87. The zero-order chi connectivity index (χ0) is 22.9. The summed E-state index contributed by atoms with van der Waals surface area (Å²) in [5.41, 5.74) is 20.8. The second-order valence-corrected chi connectivity index (χ2v) is 8.74. The van der Waals surface area contributed by atoms with Gasteiger partial charge in [-0.05, 0) is 64.5 Å². The van der Waals surface area contributed by atoms with Crippen LogP contribution in [0.1, 0.15) is 103 Å². The Morgan fingerprint density at radius 3 is 0.967 bits per heavy atom. The number of carboxylic acids is 2. The molecule has 0 aromatic carbocycles. The highest BCUT2D eigenvalue weighted by Gasteiger charge is 2.33. The van der Waals surface area contributed by atoms with E-state index in [9.17, 15) is 19.8 Å². The molecule has 8 heteroatoms.